The number of aromatic nitrogens is 3. The Morgan fingerprint density at radius 3 is 2.71 bits per heavy atom. The summed E-state index contributed by atoms with van der Waals surface area (Å²) in [5, 5.41) is 1.66. The molecule has 0 saturated carbocycles. The van der Waals surface area contributed by atoms with Crippen molar-refractivity contribution in [1.82, 2.24) is 14.5 Å². The van der Waals surface area contributed by atoms with Gasteiger partial charge in [0, 0.05) is 12.3 Å². The number of fused-ring (bicyclic) bond motifs is 1. The molecule has 0 aliphatic carbocycles. The third-order valence-corrected chi connectivity index (χ3v) is 2.53. The van der Waals surface area contributed by atoms with Crippen molar-refractivity contribution in [2.24, 2.45) is 7.05 Å². The van der Waals surface area contributed by atoms with Gasteiger partial charge in [-0.1, -0.05) is 31.4 Å². The summed E-state index contributed by atoms with van der Waals surface area (Å²) in [7, 11) is 1.71. The van der Waals surface area contributed by atoms with Crippen LogP contribution in [0.2, 0.25) is 0 Å². The van der Waals surface area contributed by atoms with E-state index in [0.717, 1.165) is 16.1 Å². The van der Waals surface area contributed by atoms with Gasteiger partial charge in [-0.05, 0) is 12.1 Å². The molecule has 1 N–H and O–H groups in total. The van der Waals surface area contributed by atoms with Crippen molar-refractivity contribution in [3.05, 3.63) is 52.4 Å². The SMILES string of the molecule is C=C/C=c1/cc2c(n/c1=C/C=C)[nH]c(=O)n2C. The first-order chi connectivity index (χ1) is 8.17. The zero-order chi connectivity index (χ0) is 12.4. The van der Waals surface area contributed by atoms with Crippen molar-refractivity contribution < 1.29 is 0 Å². The quantitative estimate of drug-likeness (QED) is 0.796. The number of H-pyrrole nitrogens is 1. The maximum Gasteiger partial charge on any atom is 0.327 e. The molecule has 2 rings (SSSR count). The second-order valence-corrected chi connectivity index (χ2v) is 3.62. The molecule has 0 aliphatic rings. The summed E-state index contributed by atoms with van der Waals surface area (Å²) in [5.41, 5.74) is 1.17. The molecule has 0 saturated heterocycles. The van der Waals surface area contributed by atoms with Crippen LogP contribution in [0.3, 0.4) is 0 Å². The summed E-state index contributed by atoms with van der Waals surface area (Å²) in [4.78, 5) is 18.6. The molecule has 0 spiro atoms. The Hall–Kier alpha value is -2.36. The molecular weight excluding hydrogens is 214 g/mol. The van der Waals surface area contributed by atoms with Gasteiger partial charge >= 0.3 is 5.69 Å². The first-order valence-corrected chi connectivity index (χ1v) is 5.18. The number of pyridine rings is 1. The lowest BCUT2D eigenvalue weighted by molar-refractivity contribution is 0.891. The zero-order valence-electron chi connectivity index (χ0n) is 9.60. The maximum absolute atomic E-state index is 11.5. The average Bonchev–Trinajstić information content (AvgIpc) is 2.57. The van der Waals surface area contributed by atoms with E-state index in [1.165, 1.54) is 4.57 Å². The van der Waals surface area contributed by atoms with Crippen molar-refractivity contribution in [2.45, 2.75) is 0 Å². The molecule has 0 aliphatic heterocycles. The number of aromatic amines is 1. The molecule has 0 radical (unpaired) electrons. The van der Waals surface area contributed by atoms with E-state index in [4.69, 9.17) is 0 Å². The molecule has 2 aromatic heterocycles. The van der Waals surface area contributed by atoms with Crippen LogP contribution in [-0.2, 0) is 7.05 Å². The Morgan fingerprint density at radius 1 is 1.35 bits per heavy atom. The van der Waals surface area contributed by atoms with E-state index in [1.807, 2.05) is 12.1 Å². The molecule has 4 nitrogen and oxygen atoms in total. The lowest BCUT2D eigenvalue weighted by Crippen LogP contribution is -2.27. The standard InChI is InChI=1S/C13H13N3O/c1-4-6-9-8-11-12(14-10(9)7-5-2)15-13(17)16(11)3/h4-8H,1-2H2,3H3,(H,14,15,17)/b9-6-,10-7+. The molecule has 2 heterocycles. The van der Waals surface area contributed by atoms with Gasteiger partial charge in [-0.3, -0.25) is 9.55 Å². The zero-order valence-corrected chi connectivity index (χ0v) is 9.60. The Morgan fingerprint density at radius 2 is 2.06 bits per heavy atom. The highest BCUT2D eigenvalue weighted by atomic mass is 16.1. The fourth-order valence-electron chi connectivity index (χ4n) is 1.68. The first kappa shape index (κ1) is 11.1. The number of rotatable bonds is 2. The van der Waals surface area contributed by atoms with Gasteiger partial charge < -0.3 is 0 Å². The lowest BCUT2D eigenvalue weighted by atomic mass is 10.3. The van der Waals surface area contributed by atoms with Gasteiger partial charge in [-0.2, -0.15) is 0 Å². The molecule has 0 unspecified atom stereocenters. The van der Waals surface area contributed by atoms with Gasteiger partial charge in [0.15, 0.2) is 5.65 Å². The molecule has 4 heteroatoms. The average molecular weight is 227 g/mol. The Bertz CT molecular complexity index is 762. The number of hydrogen-bond acceptors (Lipinski definition) is 2. The largest absolute Gasteiger partial charge is 0.327 e. The van der Waals surface area contributed by atoms with Gasteiger partial charge in [-0.15, -0.1) is 0 Å². The lowest BCUT2D eigenvalue weighted by Gasteiger charge is -1.94. The highest BCUT2D eigenvalue weighted by Crippen LogP contribution is 1.99. The molecule has 2 aromatic rings. The van der Waals surface area contributed by atoms with E-state index < -0.39 is 0 Å². The molecule has 86 valence electrons. The normalized spacial score (nSPS) is 13.2. The van der Waals surface area contributed by atoms with Crippen LogP contribution in [0.25, 0.3) is 23.3 Å². The summed E-state index contributed by atoms with van der Waals surface area (Å²) in [6, 6.07) is 1.90. The molecule has 0 bridgehead atoms. The number of imidazole rings is 1. The summed E-state index contributed by atoms with van der Waals surface area (Å²) in [6.45, 7) is 7.31. The Balaban J connectivity index is 3.02. The minimum atomic E-state index is -0.173. The number of nitrogens with one attached hydrogen (secondary N) is 1. The van der Waals surface area contributed by atoms with Gasteiger partial charge in [0.1, 0.15) is 0 Å². The Labute approximate surface area is 97.9 Å². The van der Waals surface area contributed by atoms with Crippen molar-refractivity contribution in [3.63, 3.8) is 0 Å². The number of hydrogen-bond donors (Lipinski definition) is 1. The number of aryl methyl sites for hydroxylation is 1. The van der Waals surface area contributed by atoms with E-state index >= 15 is 0 Å². The predicted octanol–water partition coefficient (Wildman–Crippen LogP) is 0.195. The van der Waals surface area contributed by atoms with Crippen LogP contribution in [0.1, 0.15) is 0 Å². The predicted molar refractivity (Wildman–Crippen MR) is 69.9 cm³/mol. The summed E-state index contributed by atoms with van der Waals surface area (Å²) in [6.07, 6.45) is 6.99. The van der Waals surface area contributed by atoms with Crippen molar-refractivity contribution >= 4 is 23.3 Å². The highest BCUT2D eigenvalue weighted by molar-refractivity contribution is 5.71. The molecule has 0 aromatic carbocycles. The summed E-state index contributed by atoms with van der Waals surface area (Å²) < 4.78 is 1.53. The fraction of sp³-hybridized carbons (Fsp3) is 0.0769. The van der Waals surface area contributed by atoms with Crippen LogP contribution in [0.5, 0.6) is 0 Å². The van der Waals surface area contributed by atoms with Crippen molar-refractivity contribution in [2.75, 3.05) is 0 Å². The molecule has 0 atom stereocenters. The summed E-state index contributed by atoms with van der Waals surface area (Å²) >= 11 is 0. The van der Waals surface area contributed by atoms with Gasteiger partial charge in [0.05, 0.1) is 10.9 Å². The third-order valence-electron chi connectivity index (χ3n) is 2.53. The van der Waals surface area contributed by atoms with Gasteiger partial charge in [0.2, 0.25) is 0 Å². The smallest absolute Gasteiger partial charge is 0.294 e. The van der Waals surface area contributed by atoms with Crippen LogP contribution in [0, 0.1) is 0 Å². The van der Waals surface area contributed by atoms with Crippen molar-refractivity contribution in [1.29, 1.82) is 0 Å². The monoisotopic (exact) mass is 227 g/mol. The molecular formula is C13H13N3O. The van der Waals surface area contributed by atoms with Crippen LogP contribution in [-0.4, -0.2) is 14.5 Å². The molecule has 17 heavy (non-hydrogen) atoms. The molecule has 0 fully saturated rings. The van der Waals surface area contributed by atoms with Gasteiger partial charge in [-0.25, -0.2) is 9.78 Å². The molecule has 0 amide bonds. The highest BCUT2D eigenvalue weighted by Gasteiger charge is 2.03. The van der Waals surface area contributed by atoms with E-state index in [9.17, 15) is 4.79 Å². The topological polar surface area (TPSA) is 50.7 Å². The van der Waals surface area contributed by atoms with E-state index in [0.29, 0.717) is 5.65 Å². The Kier molecular flexibility index (Phi) is 2.78. The van der Waals surface area contributed by atoms with Crippen LogP contribution < -0.4 is 16.3 Å². The van der Waals surface area contributed by atoms with Crippen LogP contribution in [0.4, 0.5) is 0 Å². The van der Waals surface area contributed by atoms with E-state index in [-0.39, 0.29) is 5.69 Å². The third kappa shape index (κ3) is 1.85. The minimum absolute atomic E-state index is 0.173. The van der Waals surface area contributed by atoms with E-state index in [2.05, 4.69) is 23.1 Å². The summed E-state index contributed by atoms with van der Waals surface area (Å²) in [5.74, 6) is 0. The van der Waals surface area contributed by atoms with Gasteiger partial charge in [0.25, 0.3) is 0 Å². The van der Waals surface area contributed by atoms with E-state index in [1.54, 1.807) is 25.3 Å². The first-order valence-electron chi connectivity index (χ1n) is 5.18. The second kappa shape index (κ2) is 4.25. The van der Waals surface area contributed by atoms with Crippen molar-refractivity contribution in [3.8, 4) is 0 Å². The fourth-order valence-corrected chi connectivity index (χ4v) is 1.68. The maximum atomic E-state index is 11.5. The minimum Gasteiger partial charge on any atom is -0.294 e. The number of allylic oxidation sites excluding steroid dienone is 2. The van der Waals surface area contributed by atoms with Crippen LogP contribution in [0.15, 0.2) is 36.2 Å². The second-order valence-electron chi connectivity index (χ2n) is 3.62. The van der Waals surface area contributed by atoms with Crippen LogP contribution >= 0.6 is 0 Å². The number of nitrogens with zero attached hydrogens (tertiary/aromatic N) is 2.